The molecular formula is C18H30O3. The maximum absolute atomic E-state index is 11.9. The minimum atomic E-state index is -0.577. The average molecular weight is 294 g/mol. The van der Waals surface area contributed by atoms with Crippen molar-refractivity contribution in [3.8, 4) is 0 Å². The van der Waals surface area contributed by atoms with Gasteiger partial charge in [-0.25, -0.2) is 0 Å². The largest absolute Gasteiger partial charge is 0.481 e. The van der Waals surface area contributed by atoms with Crippen LogP contribution in [0.1, 0.15) is 84.0 Å². The Balaban J connectivity index is 1.64. The molecule has 3 rings (SSSR count). The first kappa shape index (κ1) is 15.3. The van der Waals surface area contributed by atoms with E-state index in [4.69, 9.17) is 4.74 Å². The number of rotatable bonds is 4. The minimum absolute atomic E-state index is 0.116. The molecule has 2 aliphatic carbocycles. The summed E-state index contributed by atoms with van der Waals surface area (Å²) in [6.07, 6.45) is 13.4. The number of carboxylic acids is 1. The van der Waals surface area contributed by atoms with Gasteiger partial charge in [-0.1, -0.05) is 32.6 Å². The number of carbonyl (C=O) groups is 1. The van der Waals surface area contributed by atoms with Crippen molar-refractivity contribution >= 4 is 5.97 Å². The fourth-order valence-electron chi connectivity index (χ4n) is 5.09. The van der Waals surface area contributed by atoms with Crippen molar-refractivity contribution in [1.29, 1.82) is 0 Å². The molecule has 0 amide bonds. The quantitative estimate of drug-likeness (QED) is 0.828. The number of carboxylic acid groups (broad SMARTS) is 1. The van der Waals surface area contributed by atoms with Gasteiger partial charge >= 0.3 is 5.97 Å². The van der Waals surface area contributed by atoms with Crippen LogP contribution < -0.4 is 0 Å². The van der Waals surface area contributed by atoms with Crippen molar-refractivity contribution in [2.45, 2.75) is 95.7 Å². The van der Waals surface area contributed by atoms with Crippen LogP contribution in [0.15, 0.2) is 0 Å². The summed E-state index contributed by atoms with van der Waals surface area (Å²) in [4.78, 5) is 11.9. The van der Waals surface area contributed by atoms with E-state index >= 15 is 0 Å². The average Bonchev–Trinajstić information content (AvgIpc) is 3.06. The topological polar surface area (TPSA) is 46.5 Å². The molecule has 120 valence electrons. The van der Waals surface area contributed by atoms with Crippen LogP contribution in [-0.2, 0) is 9.53 Å². The zero-order valence-corrected chi connectivity index (χ0v) is 13.4. The predicted octanol–water partition coefficient (Wildman–Crippen LogP) is 4.54. The van der Waals surface area contributed by atoms with Crippen molar-refractivity contribution < 1.29 is 14.6 Å². The molecule has 3 nitrogen and oxygen atoms in total. The third-order valence-corrected chi connectivity index (χ3v) is 6.46. The molecule has 21 heavy (non-hydrogen) atoms. The van der Waals surface area contributed by atoms with E-state index in [0.717, 1.165) is 44.9 Å². The van der Waals surface area contributed by atoms with E-state index in [-0.39, 0.29) is 11.7 Å². The van der Waals surface area contributed by atoms with E-state index < -0.39 is 11.4 Å². The molecule has 0 aromatic carbocycles. The maximum Gasteiger partial charge on any atom is 0.309 e. The molecule has 0 bridgehead atoms. The molecule has 3 fully saturated rings. The van der Waals surface area contributed by atoms with Gasteiger partial charge in [-0.05, 0) is 57.3 Å². The summed E-state index contributed by atoms with van der Waals surface area (Å²) in [7, 11) is 0. The highest BCUT2D eigenvalue weighted by Crippen LogP contribution is 2.50. The molecule has 1 saturated heterocycles. The highest BCUT2D eigenvalue weighted by atomic mass is 16.5. The van der Waals surface area contributed by atoms with E-state index in [1.54, 1.807) is 0 Å². The third kappa shape index (κ3) is 2.99. The normalized spacial score (nSPS) is 38.9. The Morgan fingerprint density at radius 2 is 1.90 bits per heavy atom. The Morgan fingerprint density at radius 1 is 1.14 bits per heavy atom. The zero-order valence-electron chi connectivity index (χ0n) is 13.4. The maximum atomic E-state index is 11.9. The first-order chi connectivity index (χ1) is 10.1. The Hall–Kier alpha value is -0.570. The van der Waals surface area contributed by atoms with E-state index in [1.165, 1.54) is 32.1 Å². The molecule has 0 aromatic rings. The van der Waals surface area contributed by atoms with Gasteiger partial charge in [-0.2, -0.15) is 0 Å². The molecule has 3 unspecified atom stereocenters. The monoisotopic (exact) mass is 294 g/mol. The van der Waals surface area contributed by atoms with Crippen LogP contribution in [0, 0.1) is 11.3 Å². The molecule has 1 aliphatic heterocycles. The summed E-state index contributed by atoms with van der Waals surface area (Å²) in [5.74, 6) is 0.0257. The molecular weight excluding hydrogens is 264 g/mol. The Labute approximate surface area is 128 Å². The second-order valence-corrected chi connectivity index (χ2v) is 7.83. The van der Waals surface area contributed by atoms with Gasteiger partial charge in [0.1, 0.15) is 0 Å². The molecule has 1 heterocycles. The van der Waals surface area contributed by atoms with Gasteiger partial charge in [-0.3, -0.25) is 4.79 Å². The lowest BCUT2D eigenvalue weighted by Gasteiger charge is -2.35. The molecule has 0 aromatic heterocycles. The lowest BCUT2D eigenvalue weighted by Crippen LogP contribution is -2.36. The highest BCUT2D eigenvalue weighted by Gasteiger charge is 2.49. The Bertz CT molecular complexity index is 386. The van der Waals surface area contributed by atoms with Gasteiger partial charge in [0, 0.05) is 0 Å². The Kier molecular flexibility index (Phi) is 4.31. The minimum Gasteiger partial charge on any atom is -0.481 e. The number of aliphatic carboxylic acids is 1. The Morgan fingerprint density at radius 3 is 2.52 bits per heavy atom. The van der Waals surface area contributed by atoms with E-state index in [0.29, 0.717) is 5.92 Å². The first-order valence-electron chi connectivity index (χ1n) is 8.99. The lowest BCUT2D eigenvalue weighted by atomic mass is 9.79. The molecule has 0 radical (unpaired) electrons. The van der Waals surface area contributed by atoms with Gasteiger partial charge in [0.2, 0.25) is 0 Å². The molecule has 3 heteroatoms. The number of hydrogen-bond donors (Lipinski definition) is 1. The lowest BCUT2D eigenvalue weighted by molar-refractivity contribution is -0.153. The smallest absolute Gasteiger partial charge is 0.309 e. The van der Waals surface area contributed by atoms with Crippen LogP contribution in [0.2, 0.25) is 0 Å². The summed E-state index contributed by atoms with van der Waals surface area (Å²) >= 11 is 0. The van der Waals surface area contributed by atoms with E-state index in [2.05, 4.69) is 6.92 Å². The van der Waals surface area contributed by atoms with Gasteiger partial charge < -0.3 is 9.84 Å². The van der Waals surface area contributed by atoms with Gasteiger partial charge in [-0.15, -0.1) is 0 Å². The van der Waals surface area contributed by atoms with Crippen molar-refractivity contribution in [3.63, 3.8) is 0 Å². The number of ether oxygens (including phenoxy) is 1. The highest BCUT2D eigenvalue weighted by molar-refractivity contribution is 5.75. The van der Waals surface area contributed by atoms with E-state index in [1.807, 2.05) is 0 Å². The summed E-state index contributed by atoms with van der Waals surface area (Å²) in [6.45, 7) is 2.19. The fraction of sp³-hybridized carbons (Fsp3) is 0.944. The third-order valence-electron chi connectivity index (χ3n) is 6.46. The van der Waals surface area contributed by atoms with Crippen molar-refractivity contribution in [3.05, 3.63) is 0 Å². The molecule has 2 saturated carbocycles. The molecule has 3 aliphatic rings. The molecule has 3 atom stereocenters. The molecule has 1 N–H and O–H groups in total. The second kappa shape index (κ2) is 5.91. The standard InChI is InChI=1S/C18H30O3/c1-2-14-6-10-17(12-14,16(19)20)13-15-7-11-18(21-15)8-4-3-5-9-18/h14-15H,2-13H2,1H3,(H,19,20). The van der Waals surface area contributed by atoms with Crippen molar-refractivity contribution in [2.24, 2.45) is 11.3 Å². The van der Waals surface area contributed by atoms with Crippen LogP contribution in [0.5, 0.6) is 0 Å². The van der Waals surface area contributed by atoms with Crippen LogP contribution in [-0.4, -0.2) is 22.8 Å². The van der Waals surface area contributed by atoms with Gasteiger partial charge in [0.05, 0.1) is 17.1 Å². The predicted molar refractivity (Wildman–Crippen MR) is 82.2 cm³/mol. The summed E-state index contributed by atoms with van der Waals surface area (Å²) < 4.78 is 6.43. The van der Waals surface area contributed by atoms with Gasteiger partial charge in [0.15, 0.2) is 0 Å². The van der Waals surface area contributed by atoms with Crippen LogP contribution in [0.4, 0.5) is 0 Å². The summed E-state index contributed by atoms with van der Waals surface area (Å²) in [5, 5.41) is 9.78. The zero-order chi connectivity index (χ0) is 14.9. The van der Waals surface area contributed by atoms with Crippen LogP contribution >= 0.6 is 0 Å². The molecule has 1 spiro atoms. The fourth-order valence-corrected chi connectivity index (χ4v) is 5.09. The van der Waals surface area contributed by atoms with Crippen LogP contribution in [0.25, 0.3) is 0 Å². The second-order valence-electron chi connectivity index (χ2n) is 7.83. The summed E-state index contributed by atoms with van der Waals surface area (Å²) in [5.41, 5.74) is -0.378. The van der Waals surface area contributed by atoms with Crippen LogP contribution in [0.3, 0.4) is 0 Å². The van der Waals surface area contributed by atoms with Crippen molar-refractivity contribution in [2.75, 3.05) is 0 Å². The van der Waals surface area contributed by atoms with Crippen molar-refractivity contribution in [1.82, 2.24) is 0 Å². The number of hydrogen-bond acceptors (Lipinski definition) is 2. The SMILES string of the molecule is CCC1CCC(CC2CCC3(CCCCC3)O2)(C(=O)O)C1. The first-order valence-corrected chi connectivity index (χ1v) is 8.99. The van der Waals surface area contributed by atoms with E-state index in [9.17, 15) is 9.90 Å². The summed E-state index contributed by atoms with van der Waals surface area (Å²) in [6, 6.07) is 0. The van der Waals surface area contributed by atoms with Gasteiger partial charge in [0.25, 0.3) is 0 Å².